The second-order valence-electron chi connectivity index (χ2n) is 8.22. The molecule has 0 bridgehead atoms. The normalized spacial score (nSPS) is 14.9. The van der Waals surface area contributed by atoms with Crippen LogP contribution in [-0.2, 0) is 6.54 Å². The lowest BCUT2D eigenvalue weighted by Crippen LogP contribution is -2.31. The largest absolute Gasteiger partial charge is 0.493 e. The number of likely N-dealkylation sites (N-methyl/N-ethyl adjacent to an activating group) is 1. The molecule has 0 spiro atoms. The first-order chi connectivity index (χ1) is 16.0. The molecule has 0 amide bonds. The Morgan fingerprint density at radius 3 is 2.70 bits per heavy atom. The van der Waals surface area contributed by atoms with Gasteiger partial charge in [-0.2, -0.15) is 0 Å². The Hall–Kier alpha value is -3.38. The van der Waals surface area contributed by atoms with E-state index in [-0.39, 0.29) is 0 Å². The zero-order chi connectivity index (χ0) is 23.4. The number of nitrogens with zero attached hydrogens (tertiary/aromatic N) is 2. The maximum absolute atomic E-state index is 12.3. The summed E-state index contributed by atoms with van der Waals surface area (Å²) in [7, 11) is 1.64. The molecular formula is C27H30N2O4. The number of para-hydroxylation sites is 1. The summed E-state index contributed by atoms with van der Waals surface area (Å²) in [6, 6.07) is 13.3. The fraction of sp³-hybridized carbons (Fsp3) is 0.333. The lowest BCUT2D eigenvalue weighted by molar-refractivity contribution is 0.0696. The van der Waals surface area contributed by atoms with Crippen molar-refractivity contribution in [2.24, 2.45) is 0 Å². The lowest BCUT2D eigenvalue weighted by Gasteiger charge is -2.30. The Morgan fingerprint density at radius 1 is 1.15 bits per heavy atom. The van der Waals surface area contributed by atoms with E-state index in [1.807, 2.05) is 42.5 Å². The van der Waals surface area contributed by atoms with Crippen LogP contribution < -0.4 is 9.47 Å². The number of fused-ring (bicyclic) bond motifs is 2. The molecule has 1 N–H and O–H groups in total. The van der Waals surface area contributed by atoms with Crippen molar-refractivity contribution in [1.29, 1.82) is 0 Å². The van der Waals surface area contributed by atoms with Gasteiger partial charge in [0.2, 0.25) is 0 Å². The monoisotopic (exact) mass is 446 g/mol. The highest BCUT2D eigenvalue weighted by molar-refractivity contribution is 6.06. The number of carbonyl (C=O) groups is 1. The highest BCUT2D eigenvalue weighted by Crippen LogP contribution is 2.35. The molecule has 1 aliphatic rings. The standard InChI is InChI=1S/C27H30N2O4/c1-4-6-13-33-23-12-11-18(15-24(23)32-3)14-19-16-29(5-2)17-21-25(27(30)31)20-9-7-8-10-22(20)28-26(19)21/h7-12,14-15H,4-6,13,16-17H2,1-3H3,(H,30,31)/b19-14+. The van der Waals surface area contributed by atoms with Gasteiger partial charge in [0.1, 0.15) is 0 Å². The molecule has 2 heterocycles. The van der Waals surface area contributed by atoms with Crippen LogP contribution in [0.25, 0.3) is 22.6 Å². The molecule has 6 heteroatoms. The average molecular weight is 447 g/mol. The molecule has 0 saturated carbocycles. The maximum Gasteiger partial charge on any atom is 0.336 e. The highest BCUT2D eigenvalue weighted by Gasteiger charge is 2.28. The molecule has 172 valence electrons. The molecule has 0 unspecified atom stereocenters. The second-order valence-corrected chi connectivity index (χ2v) is 8.22. The van der Waals surface area contributed by atoms with Crippen LogP contribution in [0.15, 0.2) is 42.5 Å². The Bertz CT molecular complexity index is 1200. The van der Waals surface area contributed by atoms with Gasteiger partial charge >= 0.3 is 5.97 Å². The molecule has 0 atom stereocenters. The van der Waals surface area contributed by atoms with Crippen LogP contribution in [0.5, 0.6) is 11.5 Å². The number of pyridine rings is 1. The maximum atomic E-state index is 12.3. The van der Waals surface area contributed by atoms with Gasteiger partial charge in [-0.05, 0) is 48.4 Å². The van der Waals surface area contributed by atoms with E-state index >= 15 is 0 Å². The van der Waals surface area contributed by atoms with Crippen molar-refractivity contribution >= 4 is 28.5 Å². The van der Waals surface area contributed by atoms with Crippen molar-refractivity contribution < 1.29 is 19.4 Å². The van der Waals surface area contributed by atoms with Crippen LogP contribution in [0.3, 0.4) is 0 Å². The van der Waals surface area contributed by atoms with Crippen molar-refractivity contribution in [3.8, 4) is 11.5 Å². The number of aromatic nitrogens is 1. The zero-order valence-electron chi connectivity index (χ0n) is 19.4. The van der Waals surface area contributed by atoms with Gasteiger partial charge in [-0.15, -0.1) is 0 Å². The van der Waals surface area contributed by atoms with Gasteiger partial charge in [0.05, 0.1) is 30.5 Å². The third kappa shape index (κ3) is 4.71. The van der Waals surface area contributed by atoms with Gasteiger partial charge < -0.3 is 14.6 Å². The molecule has 4 rings (SSSR count). The number of rotatable bonds is 8. The summed E-state index contributed by atoms with van der Waals surface area (Å²) in [6.07, 6.45) is 4.14. The van der Waals surface area contributed by atoms with Crippen molar-refractivity contribution in [2.75, 3.05) is 26.8 Å². The quantitative estimate of drug-likeness (QED) is 0.461. The molecule has 2 aromatic carbocycles. The van der Waals surface area contributed by atoms with Gasteiger partial charge in [0.15, 0.2) is 11.5 Å². The summed E-state index contributed by atoms with van der Waals surface area (Å²) in [5.41, 5.74) is 4.53. The van der Waals surface area contributed by atoms with E-state index in [1.165, 1.54) is 0 Å². The van der Waals surface area contributed by atoms with E-state index in [2.05, 4.69) is 24.8 Å². The van der Waals surface area contributed by atoms with Crippen LogP contribution in [0.4, 0.5) is 0 Å². The molecule has 1 aromatic heterocycles. The van der Waals surface area contributed by atoms with Crippen LogP contribution in [0.1, 0.15) is 53.9 Å². The summed E-state index contributed by atoms with van der Waals surface area (Å²) < 4.78 is 11.4. The van der Waals surface area contributed by atoms with Crippen LogP contribution >= 0.6 is 0 Å². The van der Waals surface area contributed by atoms with Crippen molar-refractivity contribution in [1.82, 2.24) is 9.88 Å². The minimum absolute atomic E-state index is 0.344. The Balaban J connectivity index is 1.82. The third-order valence-corrected chi connectivity index (χ3v) is 6.02. The van der Waals surface area contributed by atoms with Crippen molar-refractivity contribution in [2.45, 2.75) is 33.2 Å². The first kappa shape index (κ1) is 22.8. The fourth-order valence-electron chi connectivity index (χ4n) is 4.27. The predicted octanol–water partition coefficient (Wildman–Crippen LogP) is 5.50. The molecule has 6 nitrogen and oxygen atoms in total. The van der Waals surface area contributed by atoms with E-state index in [4.69, 9.17) is 14.5 Å². The summed E-state index contributed by atoms with van der Waals surface area (Å²) in [6.45, 7) is 6.95. The van der Waals surface area contributed by atoms with E-state index in [0.717, 1.165) is 47.5 Å². The minimum Gasteiger partial charge on any atom is -0.493 e. The van der Waals surface area contributed by atoms with Crippen LogP contribution in [-0.4, -0.2) is 47.8 Å². The summed E-state index contributed by atoms with van der Waals surface area (Å²) >= 11 is 0. The second kappa shape index (κ2) is 10.0. The molecule has 0 aliphatic carbocycles. The third-order valence-electron chi connectivity index (χ3n) is 6.02. The summed E-state index contributed by atoms with van der Waals surface area (Å²) in [5, 5.41) is 10.7. The number of aromatic carboxylic acids is 1. The summed E-state index contributed by atoms with van der Waals surface area (Å²) in [5.74, 6) is 0.489. The lowest BCUT2D eigenvalue weighted by atomic mass is 9.92. The molecule has 0 radical (unpaired) electrons. The molecule has 0 saturated heterocycles. The smallest absolute Gasteiger partial charge is 0.336 e. The number of unbranched alkanes of at least 4 members (excludes halogenated alkanes) is 1. The molecular weight excluding hydrogens is 416 g/mol. The van der Waals surface area contributed by atoms with Gasteiger partial charge in [-0.25, -0.2) is 9.78 Å². The average Bonchev–Trinajstić information content (AvgIpc) is 2.83. The Kier molecular flexibility index (Phi) is 6.94. The van der Waals surface area contributed by atoms with E-state index in [1.54, 1.807) is 7.11 Å². The van der Waals surface area contributed by atoms with Crippen LogP contribution in [0, 0.1) is 0 Å². The molecule has 0 fully saturated rings. The van der Waals surface area contributed by atoms with E-state index < -0.39 is 5.97 Å². The number of methoxy groups -OCH3 is 1. The van der Waals surface area contributed by atoms with Gasteiger partial charge in [-0.3, -0.25) is 4.90 Å². The topological polar surface area (TPSA) is 71.9 Å². The van der Waals surface area contributed by atoms with E-state index in [0.29, 0.717) is 41.9 Å². The van der Waals surface area contributed by atoms with Crippen molar-refractivity contribution in [3.63, 3.8) is 0 Å². The fourth-order valence-corrected chi connectivity index (χ4v) is 4.27. The van der Waals surface area contributed by atoms with Gasteiger partial charge in [0, 0.05) is 24.0 Å². The number of benzene rings is 2. The van der Waals surface area contributed by atoms with Gasteiger partial charge in [-0.1, -0.05) is 44.5 Å². The first-order valence-electron chi connectivity index (χ1n) is 11.4. The minimum atomic E-state index is -0.919. The van der Waals surface area contributed by atoms with Crippen molar-refractivity contribution in [3.05, 3.63) is 64.8 Å². The number of ether oxygens (including phenoxy) is 2. The number of hydrogen-bond donors (Lipinski definition) is 1. The summed E-state index contributed by atoms with van der Waals surface area (Å²) in [4.78, 5) is 19.4. The molecule has 33 heavy (non-hydrogen) atoms. The Morgan fingerprint density at radius 2 is 1.97 bits per heavy atom. The Labute approximate surface area is 194 Å². The zero-order valence-corrected chi connectivity index (χ0v) is 19.4. The highest BCUT2D eigenvalue weighted by atomic mass is 16.5. The predicted molar refractivity (Wildman–Crippen MR) is 131 cm³/mol. The molecule has 3 aromatic rings. The number of hydrogen-bond acceptors (Lipinski definition) is 5. The van der Waals surface area contributed by atoms with Gasteiger partial charge in [0.25, 0.3) is 0 Å². The number of carboxylic acids is 1. The SMILES string of the molecule is CCCCOc1ccc(/C=C2\CN(CC)Cc3c2nc2ccccc2c3C(=O)O)cc1OC. The molecule has 1 aliphatic heterocycles. The first-order valence-corrected chi connectivity index (χ1v) is 11.4. The van der Waals surface area contributed by atoms with Crippen LogP contribution in [0.2, 0.25) is 0 Å². The number of carboxylic acid groups (broad SMARTS) is 1. The van der Waals surface area contributed by atoms with E-state index in [9.17, 15) is 9.90 Å².